The largest absolute Gasteiger partial charge is 0.563 e. The number of aryl methyl sites for hydroxylation is 2. The van der Waals surface area contributed by atoms with Crippen LogP contribution in [0.2, 0.25) is 0 Å². The van der Waals surface area contributed by atoms with Crippen LogP contribution in [-0.2, 0) is 14.7 Å². The summed E-state index contributed by atoms with van der Waals surface area (Å²) < 4.78 is 12.1. The molecule has 0 amide bonds. The van der Waals surface area contributed by atoms with Crippen molar-refractivity contribution in [3.8, 4) is 11.8 Å². The van der Waals surface area contributed by atoms with Crippen LogP contribution >= 0.6 is 0 Å². The number of hydrogen-bond acceptors (Lipinski definition) is 3. The van der Waals surface area contributed by atoms with E-state index >= 15 is 0 Å². The predicted molar refractivity (Wildman–Crippen MR) is 154 cm³/mol. The molecule has 0 atom stereocenters. The molecule has 196 valence electrons. The van der Waals surface area contributed by atoms with Gasteiger partial charge in [-0.2, -0.15) is 0 Å². The zero-order valence-corrected chi connectivity index (χ0v) is 23.7. The Morgan fingerprint density at radius 1 is 0.946 bits per heavy atom. The van der Waals surface area contributed by atoms with E-state index in [1.807, 2.05) is 13.8 Å². The summed E-state index contributed by atoms with van der Waals surface area (Å²) in [4.78, 5) is 0. The van der Waals surface area contributed by atoms with Gasteiger partial charge >= 0.3 is 7.12 Å². The molecule has 1 saturated heterocycles. The smallest absolute Gasteiger partial charge is 0.534 e. The highest BCUT2D eigenvalue weighted by Crippen LogP contribution is 2.40. The third-order valence-electron chi connectivity index (χ3n) is 8.75. The normalized spacial score (nSPS) is 19.1. The fourth-order valence-corrected chi connectivity index (χ4v) is 5.95. The van der Waals surface area contributed by atoms with Gasteiger partial charge in [0.05, 0.1) is 5.76 Å². The van der Waals surface area contributed by atoms with Crippen molar-refractivity contribution in [2.75, 3.05) is 0 Å². The van der Waals surface area contributed by atoms with E-state index in [0.29, 0.717) is 5.76 Å². The van der Waals surface area contributed by atoms with Gasteiger partial charge in [-0.05, 0) is 100 Å². The Labute approximate surface area is 224 Å². The van der Waals surface area contributed by atoms with E-state index in [2.05, 4.69) is 82.5 Å². The minimum Gasteiger partial charge on any atom is -0.534 e. The Morgan fingerprint density at radius 2 is 1.54 bits per heavy atom. The third kappa shape index (κ3) is 5.54. The van der Waals surface area contributed by atoms with Crippen LogP contribution in [0.15, 0.2) is 48.7 Å². The lowest BCUT2D eigenvalue weighted by molar-refractivity contribution is 0.0849. The highest BCUT2D eigenvalue weighted by Gasteiger charge is 2.43. The Balaban J connectivity index is 1.64. The van der Waals surface area contributed by atoms with E-state index in [-0.39, 0.29) is 5.41 Å². The van der Waals surface area contributed by atoms with Crippen LogP contribution in [0.3, 0.4) is 0 Å². The van der Waals surface area contributed by atoms with Crippen molar-refractivity contribution in [3.05, 3.63) is 76.6 Å². The summed E-state index contributed by atoms with van der Waals surface area (Å²) in [7, 11) is -0.419. The van der Waals surface area contributed by atoms with E-state index in [4.69, 9.17) is 9.31 Å². The van der Waals surface area contributed by atoms with E-state index in [1.165, 1.54) is 24.0 Å². The summed E-state index contributed by atoms with van der Waals surface area (Å²) in [6, 6.07) is 13.4. The highest BCUT2D eigenvalue weighted by atomic mass is 16.7. The first-order valence-electron chi connectivity index (χ1n) is 14.0. The first-order valence-corrected chi connectivity index (χ1v) is 14.0. The molecule has 4 rings (SSSR count). The second-order valence-corrected chi connectivity index (χ2v) is 11.6. The molecular weight excluding hydrogens is 455 g/mol. The predicted octanol–water partition coefficient (Wildman–Crippen LogP) is 6.88. The van der Waals surface area contributed by atoms with Crippen molar-refractivity contribution < 1.29 is 14.4 Å². The Hall–Kier alpha value is -2.48. The molecule has 4 heteroatoms. The van der Waals surface area contributed by atoms with Crippen LogP contribution in [0, 0.1) is 25.7 Å². The summed E-state index contributed by atoms with van der Waals surface area (Å²) in [6.07, 6.45) is 8.06. The van der Waals surface area contributed by atoms with E-state index in [9.17, 15) is 5.11 Å². The van der Waals surface area contributed by atoms with Crippen molar-refractivity contribution in [2.24, 2.45) is 0 Å². The maximum Gasteiger partial charge on any atom is 0.563 e. The summed E-state index contributed by atoms with van der Waals surface area (Å²) in [5.41, 5.74) is 5.57. The van der Waals surface area contributed by atoms with Crippen LogP contribution in [0.4, 0.5) is 0 Å². The molecule has 1 aliphatic heterocycles. The molecule has 2 aromatic rings. The van der Waals surface area contributed by atoms with Gasteiger partial charge in [0, 0.05) is 11.0 Å². The Morgan fingerprint density at radius 3 is 2.05 bits per heavy atom. The maximum atomic E-state index is 11.0. The Bertz CT molecular complexity index is 1200. The van der Waals surface area contributed by atoms with Gasteiger partial charge in [-0.3, -0.25) is 0 Å². The third-order valence-corrected chi connectivity index (χ3v) is 8.75. The van der Waals surface area contributed by atoms with Gasteiger partial charge < -0.3 is 14.4 Å². The molecule has 2 fully saturated rings. The fourth-order valence-electron chi connectivity index (χ4n) is 5.95. The fraction of sp³-hybridized carbons (Fsp3) is 0.515. The van der Waals surface area contributed by atoms with Crippen molar-refractivity contribution in [3.63, 3.8) is 0 Å². The molecule has 0 bridgehead atoms. The standard InChI is InChI=1S/C33H43BO3/c1-8-33(9-2,29-16-17-30(25(4)23-29)34-36-26(5)31(6,7)37-34)28-15-14-27(24(3)22-28)18-21-32(35)19-12-10-11-13-20-32/h14-17,22-23,35H,5,8-13,19-20H2,1-4,6-7H3. The maximum absolute atomic E-state index is 11.0. The number of rotatable bonds is 5. The van der Waals surface area contributed by atoms with Crippen LogP contribution in [0.1, 0.15) is 107 Å². The topological polar surface area (TPSA) is 38.7 Å². The first-order chi connectivity index (χ1) is 17.5. The minimum atomic E-state index is -0.841. The van der Waals surface area contributed by atoms with Crippen LogP contribution in [0.5, 0.6) is 0 Å². The quantitative estimate of drug-likeness (QED) is 0.278. The molecule has 0 aromatic heterocycles. The van der Waals surface area contributed by atoms with Crippen molar-refractivity contribution in [1.29, 1.82) is 0 Å². The molecule has 2 aromatic carbocycles. The summed E-state index contributed by atoms with van der Waals surface area (Å²) in [6.45, 7) is 16.8. The van der Waals surface area contributed by atoms with Crippen molar-refractivity contribution in [2.45, 2.75) is 110 Å². The monoisotopic (exact) mass is 498 g/mol. The van der Waals surface area contributed by atoms with Gasteiger partial charge in [-0.15, -0.1) is 0 Å². The Kier molecular flexibility index (Phi) is 7.98. The molecule has 1 aliphatic carbocycles. The lowest BCUT2D eigenvalue weighted by atomic mass is 9.68. The average molecular weight is 499 g/mol. The minimum absolute atomic E-state index is 0.0975. The van der Waals surface area contributed by atoms with Gasteiger partial charge in [-0.1, -0.05) is 75.4 Å². The number of aliphatic hydroxyl groups is 1. The second kappa shape index (κ2) is 10.7. The van der Waals surface area contributed by atoms with E-state index in [0.717, 1.165) is 60.7 Å². The average Bonchev–Trinajstić information content (AvgIpc) is 2.99. The van der Waals surface area contributed by atoms with Gasteiger partial charge in [0.2, 0.25) is 0 Å². The van der Waals surface area contributed by atoms with E-state index < -0.39 is 18.3 Å². The van der Waals surface area contributed by atoms with Crippen LogP contribution < -0.4 is 5.46 Å². The molecule has 0 unspecified atom stereocenters. The second-order valence-electron chi connectivity index (χ2n) is 11.6. The zero-order chi connectivity index (χ0) is 26.8. The van der Waals surface area contributed by atoms with Gasteiger partial charge in [0.1, 0.15) is 11.2 Å². The van der Waals surface area contributed by atoms with Crippen LogP contribution in [0.25, 0.3) is 0 Å². The first kappa shape index (κ1) is 27.6. The van der Waals surface area contributed by atoms with E-state index in [1.54, 1.807) is 0 Å². The molecular formula is C33H43BO3. The van der Waals surface area contributed by atoms with Crippen LogP contribution in [-0.4, -0.2) is 23.4 Å². The summed E-state index contributed by atoms with van der Waals surface area (Å²) in [5.74, 6) is 7.24. The molecule has 37 heavy (non-hydrogen) atoms. The van der Waals surface area contributed by atoms with Gasteiger partial charge in [-0.25, -0.2) is 0 Å². The highest BCUT2D eigenvalue weighted by molar-refractivity contribution is 6.62. The summed E-state index contributed by atoms with van der Waals surface area (Å²) >= 11 is 0. The number of hydrogen-bond donors (Lipinski definition) is 1. The molecule has 0 radical (unpaired) electrons. The lowest BCUT2D eigenvalue weighted by Crippen LogP contribution is -2.37. The zero-order valence-electron chi connectivity index (χ0n) is 23.7. The molecule has 1 heterocycles. The lowest BCUT2D eigenvalue weighted by Gasteiger charge is -2.34. The molecule has 1 N–H and O–H groups in total. The number of benzene rings is 2. The van der Waals surface area contributed by atoms with Gasteiger partial charge in [0.15, 0.2) is 0 Å². The SMILES string of the molecule is C=C1OB(c2ccc(C(CC)(CC)c3ccc(C#CC4(O)CCCCCC4)c(C)c3)cc2C)OC1(C)C. The summed E-state index contributed by atoms with van der Waals surface area (Å²) in [5, 5.41) is 11.0. The molecule has 3 nitrogen and oxygen atoms in total. The molecule has 2 aliphatic rings. The molecule has 1 saturated carbocycles. The van der Waals surface area contributed by atoms with Crippen molar-refractivity contribution >= 4 is 12.6 Å². The van der Waals surface area contributed by atoms with Crippen molar-refractivity contribution in [1.82, 2.24) is 0 Å². The van der Waals surface area contributed by atoms with Gasteiger partial charge in [0.25, 0.3) is 0 Å². The molecule has 0 spiro atoms.